The van der Waals surface area contributed by atoms with Gasteiger partial charge >= 0.3 is 12.0 Å². The van der Waals surface area contributed by atoms with Crippen LogP contribution in [0.3, 0.4) is 0 Å². The number of amides is 2. The molecule has 20 heavy (non-hydrogen) atoms. The lowest BCUT2D eigenvalue weighted by Gasteiger charge is -2.36. The van der Waals surface area contributed by atoms with Crippen LogP contribution in [0, 0.1) is 5.41 Å². The number of piperidine rings is 1. The van der Waals surface area contributed by atoms with Crippen LogP contribution in [-0.2, 0) is 4.79 Å². The molecule has 0 bridgehead atoms. The van der Waals surface area contributed by atoms with E-state index in [-0.39, 0.29) is 11.4 Å². The van der Waals surface area contributed by atoms with Crippen molar-refractivity contribution in [3.8, 4) is 0 Å². The zero-order valence-electron chi connectivity index (χ0n) is 12.6. The van der Waals surface area contributed by atoms with E-state index in [2.05, 4.69) is 13.8 Å². The summed E-state index contributed by atoms with van der Waals surface area (Å²) in [7, 11) is 0. The Bertz CT molecular complexity index is 381. The summed E-state index contributed by atoms with van der Waals surface area (Å²) in [6.07, 6.45) is 5.51. The second-order valence-corrected chi connectivity index (χ2v) is 6.83. The van der Waals surface area contributed by atoms with Crippen molar-refractivity contribution in [3.05, 3.63) is 0 Å². The monoisotopic (exact) mass is 282 g/mol. The Balaban J connectivity index is 2.03. The quantitative estimate of drug-likeness (QED) is 0.804. The maximum Gasteiger partial charge on any atom is 0.326 e. The molecule has 2 aliphatic rings. The molecule has 0 aromatic heterocycles. The molecule has 5 heteroatoms. The van der Waals surface area contributed by atoms with Crippen LogP contribution in [0.1, 0.15) is 52.4 Å². The Morgan fingerprint density at radius 2 is 1.80 bits per heavy atom. The van der Waals surface area contributed by atoms with Crippen LogP contribution in [0.4, 0.5) is 4.79 Å². The van der Waals surface area contributed by atoms with Gasteiger partial charge in [0.15, 0.2) is 0 Å². The van der Waals surface area contributed by atoms with Crippen molar-refractivity contribution in [2.45, 2.75) is 58.4 Å². The molecule has 1 N–H and O–H groups in total. The molecular formula is C15H26N2O3. The Morgan fingerprint density at radius 3 is 2.50 bits per heavy atom. The minimum absolute atomic E-state index is 0.0743. The van der Waals surface area contributed by atoms with Crippen LogP contribution >= 0.6 is 0 Å². The predicted molar refractivity (Wildman–Crippen MR) is 76.6 cm³/mol. The summed E-state index contributed by atoms with van der Waals surface area (Å²) in [4.78, 5) is 27.4. The normalized spacial score (nSPS) is 27.0. The summed E-state index contributed by atoms with van der Waals surface area (Å²) in [6, 6.07) is -0.706. The number of carbonyl (C=O) groups excluding carboxylic acids is 1. The number of carboxylic acid groups (broad SMARTS) is 1. The van der Waals surface area contributed by atoms with E-state index in [1.54, 1.807) is 4.90 Å². The lowest BCUT2D eigenvalue weighted by Crippen LogP contribution is -2.53. The third-order valence-corrected chi connectivity index (χ3v) is 4.64. The topological polar surface area (TPSA) is 60.9 Å². The fourth-order valence-corrected chi connectivity index (χ4v) is 3.21. The molecule has 0 aliphatic carbocycles. The highest BCUT2D eigenvalue weighted by Crippen LogP contribution is 2.30. The zero-order valence-corrected chi connectivity index (χ0v) is 12.6. The molecule has 0 spiro atoms. The number of hydrogen-bond donors (Lipinski definition) is 1. The molecule has 1 unspecified atom stereocenters. The zero-order chi connectivity index (χ0) is 14.8. The van der Waals surface area contributed by atoms with Crippen LogP contribution in [0.5, 0.6) is 0 Å². The van der Waals surface area contributed by atoms with E-state index in [0.29, 0.717) is 13.0 Å². The van der Waals surface area contributed by atoms with Gasteiger partial charge in [-0.3, -0.25) is 0 Å². The molecule has 114 valence electrons. The summed E-state index contributed by atoms with van der Waals surface area (Å²) in [5.74, 6) is -0.867. The van der Waals surface area contributed by atoms with E-state index < -0.39 is 12.0 Å². The van der Waals surface area contributed by atoms with E-state index in [1.807, 2.05) is 4.90 Å². The van der Waals surface area contributed by atoms with Crippen LogP contribution in [0.25, 0.3) is 0 Å². The van der Waals surface area contributed by atoms with E-state index in [9.17, 15) is 14.7 Å². The summed E-state index contributed by atoms with van der Waals surface area (Å²) < 4.78 is 0. The van der Waals surface area contributed by atoms with E-state index in [0.717, 1.165) is 45.2 Å². The van der Waals surface area contributed by atoms with Crippen molar-refractivity contribution >= 4 is 12.0 Å². The highest BCUT2D eigenvalue weighted by Gasteiger charge is 2.35. The highest BCUT2D eigenvalue weighted by molar-refractivity contribution is 5.83. The highest BCUT2D eigenvalue weighted by atomic mass is 16.4. The summed E-state index contributed by atoms with van der Waals surface area (Å²) in [5.41, 5.74) is 0.281. The fourth-order valence-electron chi connectivity index (χ4n) is 3.21. The lowest BCUT2D eigenvalue weighted by molar-refractivity contribution is -0.143. The molecule has 2 rings (SSSR count). The van der Waals surface area contributed by atoms with E-state index >= 15 is 0 Å². The van der Waals surface area contributed by atoms with Gasteiger partial charge in [0.05, 0.1) is 0 Å². The van der Waals surface area contributed by atoms with Crippen LogP contribution in [0.2, 0.25) is 0 Å². The molecular weight excluding hydrogens is 256 g/mol. The minimum Gasteiger partial charge on any atom is -0.480 e. The van der Waals surface area contributed by atoms with Crippen LogP contribution in [0.15, 0.2) is 0 Å². The van der Waals surface area contributed by atoms with Crippen molar-refractivity contribution in [3.63, 3.8) is 0 Å². The lowest BCUT2D eigenvalue weighted by atomic mass is 9.85. The molecule has 0 aromatic rings. The number of nitrogens with zero attached hydrogens (tertiary/aromatic N) is 2. The van der Waals surface area contributed by atoms with Crippen LogP contribution < -0.4 is 0 Å². The van der Waals surface area contributed by atoms with E-state index in [4.69, 9.17) is 0 Å². The Labute approximate surface area is 120 Å². The molecule has 0 radical (unpaired) electrons. The maximum atomic E-state index is 12.6. The summed E-state index contributed by atoms with van der Waals surface area (Å²) >= 11 is 0. The largest absolute Gasteiger partial charge is 0.480 e. The van der Waals surface area contributed by atoms with Gasteiger partial charge in [0, 0.05) is 19.6 Å². The second-order valence-electron chi connectivity index (χ2n) is 6.83. The molecule has 0 saturated carbocycles. The molecule has 2 aliphatic heterocycles. The van der Waals surface area contributed by atoms with Gasteiger partial charge in [-0.15, -0.1) is 0 Å². The van der Waals surface area contributed by atoms with Gasteiger partial charge in [0.1, 0.15) is 6.04 Å². The van der Waals surface area contributed by atoms with Crippen molar-refractivity contribution in [2.24, 2.45) is 5.41 Å². The molecule has 1 atom stereocenters. The second kappa shape index (κ2) is 6.02. The van der Waals surface area contributed by atoms with Gasteiger partial charge in [-0.1, -0.05) is 13.8 Å². The van der Waals surface area contributed by atoms with Gasteiger partial charge in [0.2, 0.25) is 0 Å². The number of carbonyl (C=O) groups is 2. The molecule has 2 amide bonds. The Morgan fingerprint density at radius 1 is 1.05 bits per heavy atom. The smallest absolute Gasteiger partial charge is 0.326 e. The summed E-state index contributed by atoms with van der Waals surface area (Å²) in [6.45, 7) is 6.55. The molecule has 0 aromatic carbocycles. The number of rotatable bonds is 1. The van der Waals surface area contributed by atoms with Crippen LogP contribution in [-0.4, -0.2) is 52.6 Å². The first-order valence-electron chi connectivity index (χ1n) is 7.69. The van der Waals surface area contributed by atoms with E-state index in [1.165, 1.54) is 0 Å². The number of aliphatic carboxylic acids is 1. The van der Waals surface area contributed by atoms with Gasteiger partial charge in [-0.25, -0.2) is 9.59 Å². The Kier molecular flexibility index (Phi) is 4.55. The fraction of sp³-hybridized carbons (Fsp3) is 0.867. The SMILES string of the molecule is CC1(C)CCCN(C(=O)N2CCCCC2C(=O)O)CC1. The average Bonchev–Trinajstić information content (AvgIpc) is 2.59. The van der Waals surface area contributed by atoms with Crippen molar-refractivity contribution in [1.29, 1.82) is 0 Å². The van der Waals surface area contributed by atoms with Crippen molar-refractivity contribution in [1.82, 2.24) is 9.80 Å². The average molecular weight is 282 g/mol. The third kappa shape index (κ3) is 3.44. The van der Waals surface area contributed by atoms with Gasteiger partial charge in [-0.2, -0.15) is 0 Å². The number of hydrogen-bond acceptors (Lipinski definition) is 2. The maximum absolute atomic E-state index is 12.6. The Hall–Kier alpha value is -1.26. The van der Waals surface area contributed by atoms with Gasteiger partial charge in [-0.05, 0) is 43.9 Å². The number of urea groups is 1. The van der Waals surface area contributed by atoms with Crippen molar-refractivity contribution < 1.29 is 14.7 Å². The first-order chi connectivity index (χ1) is 9.41. The molecule has 2 fully saturated rings. The summed E-state index contributed by atoms with van der Waals surface area (Å²) in [5, 5.41) is 9.28. The third-order valence-electron chi connectivity index (χ3n) is 4.64. The number of carboxylic acids is 1. The molecule has 5 nitrogen and oxygen atoms in total. The van der Waals surface area contributed by atoms with Gasteiger partial charge < -0.3 is 14.9 Å². The first kappa shape index (κ1) is 15.1. The molecule has 2 saturated heterocycles. The minimum atomic E-state index is -0.867. The number of likely N-dealkylation sites (tertiary alicyclic amines) is 2. The predicted octanol–water partition coefficient (Wildman–Crippen LogP) is 2.56. The first-order valence-corrected chi connectivity index (χ1v) is 7.69. The van der Waals surface area contributed by atoms with Crippen molar-refractivity contribution in [2.75, 3.05) is 19.6 Å². The standard InChI is InChI=1S/C15H26N2O3/c1-15(2)7-5-9-16(11-8-15)14(20)17-10-4-3-6-12(17)13(18)19/h12H,3-11H2,1-2H3,(H,18,19). The van der Waals surface area contributed by atoms with Gasteiger partial charge in [0.25, 0.3) is 0 Å². The molecule has 2 heterocycles.